The minimum Gasteiger partial charge on any atom is -0.480 e. The Morgan fingerprint density at radius 2 is 0.614 bits per heavy atom. The van der Waals surface area contributed by atoms with Crippen LogP contribution in [0.3, 0.4) is 0 Å². The molecule has 6 unspecified atom stereocenters. The van der Waals surface area contributed by atoms with Crippen LogP contribution in [0.5, 0.6) is 0 Å². The fourth-order valence-corrected chi connectivity index (χ4v) is 9.73. The summed E-state index contributed by atoms with van der Waals surface area (Å²) in [7, 11) is -18.2. The van der Waals surface area contributed by atoms with E-state index in [0.29, 0.717) is 11.1 Å². The summed E-state index contributed by atoms with van der Waals surface area (Å²) < 4.78 is 129. The maximum absolute atomic E-state index is 13.6. The van der Waals surface area contributed by atoms with Crippen molar-refractivity contribution in [1.82, 2.24) is 31.9 Å². The SMILES string of the molecule is NC(Cc1ccc(S(=O)(=O)O)cc1)C(=O)NC(CCCCNC(=O)NCCCCC(NC(=O)C(N)Cc1ccc(S(=O)(=O)O)cc1)C(=O)NC(Cc1ccc(S(=O)(=O)O)cc1)C(=O)O)C(=O)NC(Cc1ccc(S(=O)(=O)O)cc1)C(=O)O.[Na]. The number of unbranched alkanes of at least 4 members (excludes halogenated alkanes) is 2. The number of carbonyl (C=O) groups excluding carboxylic acids is 5. The number of rotatable bonds is 32. The van der Waals surface area contributed by atoms with Gasteiger partial charge in [0.2, 0.25) is 23.6 Å². The molecule has 0 saturated heterocycles. The van der Waals surface area contributed by atoms with E-state index in [0.717, 1.165) is 48.5 Å². The van der Waals surface area contributed by atoms with Crippen molar-refractivity contribution >= 4 is 112 Å². The molecule has 4 rings (SSSR count). The molecule has 0 heterocycles. The summed E-state index contributed by atoms with van der Waals surface area (Å²) in [6.45, 7) is 0.0260. The molecule has 0 spiro atoms. The Morgan fingerprint density at radius 3 is 0.855 bits per heavy atom. The third-order valence-corrected chi connectivity index (χ3v) is 15.7. The second-order valence-electron chi connectivity index (χ2n) is 18.6. The molecule has 6 amide bonds. The Morgan fingerprint density at radius 1 is 0.373 bits per heavy atom. The van der Waals surface area contributed by atoms with Gasteiger partial charge >= 0.3 is 18.0 Å². The van der Waals surface area contributed by atoms with Crippen LogP contribution in [0, 0.1) is 0 Å². The molecule has 1 radical (unpaired) electrons. The van der Waals surface area contributed by atoms with E-state index < -0.39 is 138 Å². The molecule has 6 atom stereocenters. The molecule has 0 aliphatic carbocycles. The van der Waals surface area contributed by atoms with Gasteiger partial charge in [0.15, 0.2) is 0 Å². The van der Waals surface area contributed by atoms with E-state index in [1.807, 2.05) is 0 Å². The number of nitrogens with one attached hydrogen (secondary N) is 6. The Balaban J connectivity index is 0.0000181. The molecular formula is C49H62N8NaO21S4. The first-order chi connectivity index (χ1) is 38.2. The number of aliphatic carboxylic acids is 2. The molecule has 83 heavy (non-hydrogen) atoms. The maximum atomic E-state index is 13.6. The normalized spacial score (nSPS) is 14.0. The van der Waals surface area contributed by atoms with Gasteiger partial charge < -0.3 is 53.6 Å². The predicted molar refractivity (Wildman–Crippen MR) is 294 cm³/mol. The standard InChI is InChI=1S/C49H62N8O21S4.Na/c50-37(25-29-7-15-33(16-8-29)79(67,68)69)43(58)54-39(45(60)56-41(47(62)63)27-31-11-19-35(20-12-31)81(73,74)75)5-1-3-23-52-49(66)53-24-4-2-6-40(55-44(59)38(51)26-30-9-17-34(18-10-30)80(70,71)72)46(61)57-42(48(64)65)28-32-13-21-36(22-14-32)82(76,77)78;/h7-22,37-42H,1-6,23-28,50-51H2,(H,54,58)(H,55,59)(H,56,60)(H,57,61)(H,62,63)(H,64,65)(H2,52,53,66)(H,67,68,69)(H,70,71,72)(H,73,74,75)(H,76,77,78);. The molecule has 29 nitrogen and oxygen atoms in total. The minimum atomic E-state index is -4.56. The van der Waals surface area contributed by atoms with Gasteiger partial charge in [-0.1, -0.05) is 48.5 Å². The van der Waals surface area contributed by atoms with Crippen LogP contribution in [0.4, 0.5) is 4.79 Å². The molecular weight excluding hydrogens is 1190 g/mol. The van der Waals surface area contributed by atoms with Crippen LogP contribution in [0.15, 0.2) is 117 Å². The second-order valence-corrected chi connectivity index (χ2v) is 24.3. The molecule has 0 saturated carbocycles. The summed E-state index contributed by atoms with van der Waals surface area (Å²) in [5.41, 5.74) is 13.5. The van der Waals surface area contributed by atoms with Crippen LogP contribution in [-0.4, -0.2) is 183 Å². The first kappa shape index (κ1) is 70.8. The molecule has 0 aliphatic rings. The summed E-state index contributed by atoms with van der Waals surface area (Å²) in [4.78, 5) is 89.5. The quantitative estimate of drug-likeness (QED) is 0.0158. The summed E-state index contributed by atoms with van der Waals surface area (Å²) in [6.07, 6.45) is -0.602. The molecule has 0 bridgehead atoms. The predicted octanol–water partition coefficient (Wildman–Crippen LogP) is -1.03. The Hall–Kier alpha value is -6.47. The molecule has 449 valence electrons. The zero-order valence-electron chi connectivity index (χ0n) is 44.3. The molecule has 4 aromatic rings. The van der Waals surface area contributed by atoms with Gasteiger partial charge in [-0.05, 0) is 122 Å². The largest absolute Gasteiger partial charge is 0.480 e. The summed E-state index contributed by atoms with van der Waals surface area (Å²) in [6, 6.07) is 9.30. The van der Waals surface area contributed by atoms with Crippen molar-refractivity contribution in [3.05, 3.63) is 119 Å². The van der Waals surface area contributed by atoms with Gasteiger partial charge in [-0.3, -0.25) is 37.4 Å². The molecule has 0 fully saturated rings. The van der Waals surface area contributed by atoms with Crippen LogP contribution in [0.1, 0.15) is 60.8 Å². The van der Waals surface area contributed by atoms with E-state index in [9.17, 15) is 95.7 Å². The van der Waals surface area contributed by atoms with E-state index in [4.69, 9.17) is 11.5 Å². The van der Waals surface area contributed by atoms with Crippen molar-refractivity contribution in [3.8, 4) is 0 Å². The number of amides is 6. The molecule has 4 aromatic carbocycles. The van der Waals surface area contributed by atoms with Crippen molar-refractivity contribution in [2.75, 3.05) is 13.1 Å². The van der Waals surface area contributed by atoms with Gasteiger partial charge in [0.05, 0.1) is 31.7 Å². The Kier molecular flexibility index (Phi) is 27.3. The van der Waals surface area contributed by atoms with Crippen molar-refractivity contribution in [2.24, 2.45) is 11.5 Å². The van der Waals surface area contributed by atoms with Crippen molar-refractivity contribution < 1.29 is 95.7 Å². The van der Waals surface area contributed by atoms with E-state index in [1.165, 1.54) is 48.5 Å². The first-order valence-electron chi connectivity index (χ1n) is 24.7. The molecule has 34 heteroatoms. The van der Waals surface area contributed by atoms with E-state index in [2.05, 4.69) is 31.9 Å². The summed E-state index contributed by atoms with van der Waals surface area (Å²) in [5.74, 6) is -6.61. The van der Waals surface area contributed by atoms with E-state index >= 15 is 0 Å². The average molecular weight is 1250 g/mol. The zero-order chi connectivity index (χ0) is 61.2. The molecule has 16 N–H and O–H groups in total. The summed E-state index contributed by atoms with van der Waals surface area (Å²) >= 11 is 0. The number of urea groups is 1. The van der Waals surface area contributed by atoms with Crippen molar-refractivity contribution in [2.45, 2.75) is 120 Å². The van der Waals surface area contributed by atoms with Crippen LogP contribution in [0.2, 0.25) is 0 Å². The number of benzene rings is 4. The third kappa shape index (κ3) is 24.3. The molecule has 0 aromatic heterocycles. The third-order valence-electron chi connectivity index (χ3n) is 12.3. The topological polar surface area (TPSA) is 502 Å². The fourth-order valence-electron chi connectivity index (χ4n) is 7.81. The number of hydrogen-bond donors (Lipinski definition) is 14. The fraction of sp³-hybridized carbons (Fsp3) is 0.367. The summed E-state index contributed by atoms with van der Waals surface area (Å²) in [5, 5.41) is 34.8. The van der Waals surface area contributed by atoms with E-state index in [1.54, 1.807) is 0 Å². The van der Waals surface area contributed by atoms with Gasteiger partial charge in [0.25, 0.3) is 40.5 Å². The van der Waals surface area contributed by atoms with Crippen LogP contribution >= 0.6 is 0 Å². The van der Waals surface area contributed by atoms with Gasteiger partial charge in [-0.2, -0.15) is 33.7 Å². The Bertz CT molecular complexity index is 3160. The Labute approximate surface area is 499 Å². The number of nitrogens with two attached hydrogens (primary N) is 2. The molecule has 0 aliphatic heterocycles. The van der Waals surface area contributed by atoms with Crippen LogP contribution in [0.25, 0.3) is 0 Å². The van der Waals surface area contributed by atoms with Gasteiger partial charge in [0, 0.05) is 55.5 Å². The van der Waals surface area contributed by atoms with E-state index in [-0.39, 0.29) is 118 Å². The van der Waals surface area contributed by atoms with Gasteiger partial charge in [-0.15, -0.1) is 0 Å². The average Bonchev–Trinajstić information content (AvgIpc) is 3.47. The van der Waals surface area contributed by atoms with Crippen molar-refractivity contribution in [3.63, 3.8) is 0 Å². The maximum Gasteiger partial charge on any atom is 0.326 e. The monoisotopic (exact) mass is 1250 g/mol. The van der Waals surface area contributed by atoms with Crippen LogP contribution in [-0.2, 0) is 94.9 Å². The van der Waals surface area contributed by atoms with Crippen molar-refractivity contribution in [1.29, 1.82) is 0 Å². The number of carboxylic acids is 2. The van der Waals surface area contributed by atoms with Crippen LogP contribution < -0.4 is 43.4 Å². The number of hydrogen-bond acceptors (Lipinski definition) is 17. The number of carboxylic acid groups (broad SMARTS) is 2. The second kappa shape index (κ2) is 32.0. The number of carbonyl (C=O) groups is 7. The van der Waals surface area contributed by atoms with Gasteiger partial charge in [-0.25, -0.2) is 14.4 Å². The zero-order valence-corrected chi connectivity index (χ0v) is 49.5. The smallest absolute Gasteiger partial charge is 0.326 e. The first-order valence-corrected chi connectivity index (χ1v) is 30.4. The minimum absolute atomic E-state index is 0. The van der Waals surface area contributed by atoms with Gasteiger partial charge in [0.1, 0.15) is 24.2 Å².